The van der Waals surface area contributed by atoms with Gasteiger partial charge in [-0.1, -0.05) is 24.3 Å². The van der Waals surface area contributed by atoms with E-state index in [0.29, 0.717) is 0 Å². The van der Waals surface area contributed by atoms with Crippen molar-refractivity contribution >= 4 is 46.3 Å². The van der Waals surface area contributed by atoms with Crippen molar-refractivity contribution in [1.29, 1.82) is 0 Å². The first-order valence-electron chi connectivity index (χ1n) is 7.89. The molecule has 25 heavy (non-hydrogen) atoms. The van der Waals surface area contributed by atoms with E-state index in [4.69, 9.17) is 0 Å². The highest BCUT2D eigenvalue weighted by molar-refractivity contribution is 14.1. The van der Waals surface area contributed by atoms with Crippen molar-refractivity contribution in [3.8, 4) is 0 Å². The lowest BCUT2D eigenvalue weighted by Gasteiger charge is -2.10. The molecule has 0 aliphatic heterocycles. The summed E-state index contributed by atoms with van der Waals surface area (Å²) in [5.41, 5.74) is 6.25. The fourth-order valence-electron chi connectivity index (χ4n) is 2.11. The number of hydrazone groups is 1. The monoisotopic (exact) mass is 449 g/mol. The minimum absolute atomic E-state index is 0.0841. The van der Waals surface area contributed by atoms with Crippen LogP contribution in [-0.4, -0.2) is 18.0 Å². The fourth-order valence-corrected chi connectivity index (χ4v) is 2.47. The van der Waals surface area contributed by atoms with Crippen LogP contribution < -0.4 is 10.7 Å². The van der Waals surface area contributed by atoms with E-state index in [1.165, 1.54) is 0 Å². The fraction of sp³-hybridized carbons (Fsp3) is 0.211. The highest BCUT2D eigenvalue weighted by Crippen LogP contribution is 2.18. The van der Waals surface area contributed by atoms with Crippen LogP contribution in [0.25, 0.3) is 0 Å². The number of rotatable bonds is 6. The molecular formula is C19H20IN3O2. The van der Waals surface area contributed by atoms with Crippen molar-refractivity contribution in [1.82, 2.24) is 5.43 Å². The molecule has 2 amide bonds. The number of halogens is 1. The Hall–Kier alpha value is -2.22. The standard InChI is InChI=1S/C19H20IN3O2/c1-13-4-3-5-17(14(13)2)22-18(24)10-11-19(25)23-21-12-15-6-8-16(20)9-7-15/h3-9,12H,10-11H2,1-2H3,(H,22,24)(H,23,25)/b21-12-. The van der Waals surface area contributed by atoms with Gasteiger partial charge < -0.3 is 5.32 Å². The molecule has 0 radical (unpaired) electrons. The zero-order valence-corrected chi connectivity index (χ0v) is 16.3. The SMILES string of the molecule is Cc1cccc(NC(=O)CCC(=O)N/N=C\c2ccc(I)cc2)c1C. The zero-order chi connectivity index (χ0) is 18.2. The molecule has 0 fully saturated rings. The molecule has 2 N–H and O–H groups in total. The van der Waals surface area contributed by atoms with Crippen LogP contribution in [0.4, 0.5) is 5.69 Å². The minimum Gasteiger partial charge on any atom is -0.326 e. The summed E-state index contributed by atoms with van der Waals surface area (Å²) in [6.45, 7) is 3.95. The van der Waals surface area contributed by atoms with Crippen LogP contribution in [0.3, 0.4) is 0 Å². The Bertz CT molecular complexity index is 786. The molecule has 130 valence electrons. The Morgan fingerprint density at radius 2 is 1.72 bits per heavy atom. The van der Waals surface area contributed by atoms with Crippen molar-refractivity contribution in [2.75, 3.05) is 5.32 Å². The summed E-state index contributed by atoms with van der Waals surface area (Å²) < 4.78 is 1.13. The molecule has 2 aromatic rings. The molecule has 0 atom stereocenters. The van der Waals surface area contributed by atoms with Gasteiger partial charge in [0.15, 0.2) is 0 Å². The molecule has 0 saturated carbocycles. The zero-order valence-electron chi connectivity index (χ0n) is 14.2. The third kappa shape index (κ3) is 6.30. The molecule has 0 unspecified atom stereocenters. The third-order valence-corrected chi connectivity index (χ3v) is 4.45. The van der Waals surface area contributed by atoms with E-state index in [-0.39, 0.29) is 24.7 Å². The van der Waals surface area contributed by atoms with E-state index in [9.17, 15) is 9.59 Å². The molecule has 0 heterocycles. The first-order chi connectivity index (χ1) is 12.0. The summed E-state index contributed by atoms with van der Waals surface area (Å²) >= 11 is 2.22. The maximum atomic E-state index is 12.0. The van der Waals surface area contributed by atoms with E-state index in [0.717, 1.165) is 25.9 Å². The molecule has 0 aliphatic carbocycles. The molecule has 0 saturated heterocycles. The molecule has 0 bridgehead atoms. The number of nitrogens with zero attached hydrogens (tertiary/aromatic N) is 1. The van der Waals surface area contributed by atoms with Gasteiger partial charge in [0.25, 0.3) is 0 Å². The van der Waals surface area contributed by atoms with Crippen molar-refractivity contribution in [3.05, 3.63) is 62.7 Å². The lowest BCUT2D eigenvalue weighted by molar-refractivity contribution is -0.124. The first kappa shape index (κ1) is 19.1. The van der Waals surface area contributed by atoms with Crippen LogP contribution in [0, 0.1) is 17.4 Å². The van der Waals surface area contributed by atoms with Crippen molar-refractivity contribution in [3.63, 3.8) is 0 Å². The van der Waals surface area contributed by atoms with Crippen LogP contribution in [0.15, 0.2) is 47.6 Å². The normalized spacial score (nSPS) is 10.7. The number of carbonyl (C=O) groups is 2. The number of benzene rings is 2. The number of carbonyl (C=O) groups excluding carboxylic acids is 2. The summed E-state index contributed by atoms with van der Waals surface area (Å²) in [6, 6.07) is 13.5. The Labute approximate surface area is 161 Å². The Morgan fingerprint density at radius 3 is 2.44 bits per heavy atom. The molecule has 2 rings (SSSR count). The smallest absolute Gasteiger partial charge is 0.240 e. The molecule has 0 spiro atoms. The number of aryl methyl sites for hydroxylation is 1. The maximum absolute atomic E-state index is 12.0. The topological polar surface area (TPSA) is 70.6 Å². The van der Waals surface area contributed by atoms with Gasteiger partial charge in [-0.05, 0) is 71.3 Å². The van der Waals surface area contributed by atoms with Crippen LogP contribution in [0.2, 0.25) is 0 Å². The van der Waals surface area contributed by atoms with E-state index in [1.54, 1.807) is 6.21 Å². The van der Waals surface area contributed by atoms with Crippen LogP contribution >= 0.6 is 22.6 Å². The second-order valence-corrected chi connectivity index (χ2v) is 6.89. The van der Waals surface area contributed by atoms with Crippen molar-refractivity contribution in [2.45, 2.75) is 26.7 Å². The van der Waals surface area contributed by atoms with Crippen LogP contribution in [-0.2, 0) is 9.59 Å². The molecular weight excluding hydrogens is 429 g/mol. The first-order valence-corrected chi connectivity index (χ1v) is 8.97. The maximum Gasteiger partial charge on any atom is 0.240 e. The lowest BCUT2D eigenvalue weighted by Crippen LogP contribution is -2.21. The van der Waals surface area contributed by atoms with Gasteiger partial charge in [0.2, 0.25) is 11.8 Å². The van der Waals surface area contributed by atoms with Crippen molar-refractivity contribution < 1.29 is 9.59 Å². The van der Waals surface area contributed by atoms with E-state index in [1.807, 2.05) is 56.3 Å². The highest BCUT2D eigenvalue weighted by Gasteiger charge is 2.08. The summed E-state index contributed by atoms with van der Waals surface area (Å²) in [7, 11) is 0. The van der Waals surface area contributed by atoms with E-state index in [2.05, 4.69) is 38.4 Å². The minimum atomic E-state index is -0.294. The number of nitrogens with one attached hydrogen (secondary N) is 2. The lowest BCUT2D eigenvalue weighted by atomic mass is 10.1. The van der Waals surface area contributed by atoms with E-state index < -0.39 is 0 Å². The van der Waals surface area contributed by atoms with Gasteiger partial charge in [0, 0.05) is 22.1 Å². The molecule has 0 aliphatic rings. The van der Waals surface area contributed by atoms with Gasteiger partial charge in [0.1, 0.15) is 0 Å². The van der Waals surface area contributed by atoms with E-state index >= 15 is 0 Å². The molecule has 5 nitrogen and oxygen atoms in total. The Balaban J connectivity index is 1.76. The quantitative estimate of drug-likeness (QED) is 0.401. The van der Waals surface area contributed by atoms with Gasteiger partial charge in [-0.25, -0.2) is 5.43 Å². The van der Waals surface area contributed by atoms with Gasteiger partial charge in [-0.3, -0.25) is 9.59 Å². The van der Waals surface area contributed by atoms with Gasteiger partial charge in [-0.15, -0.1) is 0 Å². The van der Waals surface area contributed by atoms with Crippen molar-refractivity contribution in [2.24, 2.45) is 5.10 Å². The third-order valence-electron chi connectivity index (χ3n) is 3.73. The average molecular weight is 449 g/mol. The predicted molar refractivity (Wildman–Crippen MR) is 109 cm³/mol. The largest absolute Gasteiger partial charge is 0.326 e. The summed E-state index contributed by atoms with van der Waals surface area (Å²) in [5, 5.41) is 6.74. The number of amides is 2. The Morgan fingerprint density at radius 1 is 1.04 bits per heavy atom. The number of hydrogen-bond donors (Lipinski definition) is 2. The second kappa shape index (κ2) is 9.31. The predicted octanol–water partition coefficient (Wildman–Crippen LogP) is 3.78. The summed E-state index contributed by atoms with van der Waals surface area (Å²) in [6.07, 6.45) is 1.77. The number of anilines is 1. The Kier molecular flexibility index (Phi) is 7.12. The van der Waals surface area contributed by atoms with Crippen LogP contribution in [0.1, 0.15) is 29.5 Å². The summed E-state index contributed by atoms with van der Waals surface area (Å²) in [4.78, 5) is 23.7. The van der Waals surface area contributed by atoms with Crippen LogP contribution in [0.5, 0.6) is 0 Å². The highest BCUT2D eigenvalue weighted by atomic mass is 127. The van der Waals surface area contributed by atoms with Gasteiger partial charge >= 0.3 is 0 Å². The van der Waals surface area contributed by atoms with Gasteiger partial charge in [-0.2, -0.15) is 5.10 Å². The molecule has 0 aromatic heterocycles. The second-order valence-electron chi connectivity index (χ2n) is 5.64. The molecule has 6 heteroatoms. The summed E-state index contributed by atoms with van der Waals surface area (Å²) in [5.74, 6) is -0.483. The number of hydrogen-bond acceptors (Lipinski definition) is 3. The molecule has 2 aromatic carbocycles. The van der Waals surface area contributed by atoms with Gasteiger partial charge in [0.05, 0.1) is 6.21 Å². The average Bonchev–Trinajstić information content (AvgIpc) is 2.59.